The largest absolute Gasteiger partial charge is 0.496 e. The van der Waals surface area contributed by atoms with Crippen LogP contribution in [0.2, 0.25) is 0 Å². The third-order valence-electron chi connectivity index (χ3n) is 9.96. The number of nitrogens with zero attached hydrogens (tertiary/aromatic N) is 1. The maximum Gasteiger partial charge on any atom is 0.309 e. The lowest BCUT2D eigenvalue weighted by Crippen LogP contribution is -2.53. The summed E-state index contributed by atoms with van der Waals surface area (Å²) in [6.45, 7) is 5.71. The van der Waals surface area contributed by atoms with E-state index in [2.05, 4.69) is 16.7 Å². The second-order valence-corrected chi connectivity index (χ2v) is 13.2. The van der Waals surface area contributed by atoms with Crippen molar-refractivity contribution in [3.8, 4) is 17.6 Å². The van der Waals surface area contributed by atoms with Crippen LogP contribution in [-0.4, -0.2) is 42.1 Å². The van der Waals surface area contributed by atoms with E-state index in [1.807, 2.05) is 44.2 Å². The van der Waals surface area contributed by atoms with Crippen LogP contribution in [0.5, 0.6) is 11.5 Å². The van der Waals surface area contributed by atoms with E-state index in [9.17, 15) is 24.8 Å². The van der Waals surface area contributed by atoms with Gasteiger partial charge >= 0.3 is 5.97 Å². The molecule has 0 heterocycles. The van der Waals surface area contributed by atoms with Gasteiger partial charge in [-0.1, -0.05) is 30.3 Å². The maximum absolute atomic E-state index is 13.8. The van der Waals surface area contributed by atoms with Gasteiger partial charge in [0.25, 0.3) is 5.91 Å². The Morgan fingerprint density at radius 2 is 1.70 bits per heavy atom. The van der Waals surface area contributed by atoms with Crippen molar-refractivity contribution in [3.05, 3.63) is 59.2 Å². The van der Waals surface area contributed by atoms with Gasteiger partial charge in [-0.25, -0.2) is 0 Å². The number of methoxy groups -OCH3 is 1. The molecule has 3 fully saturated rings. The number of hydrogen-bond acceptors (Lipinski definition) is 6. The Morgan fingerprint density at radius 1 is 1.02 bits per heavy atom. The summed E-state index contributed by atoms with van der Waals surface area (Å²) in [5, 5.41) is 25.8. The highest BCUT2D eigenvalue weighted by atomic mass is 16.5. The number of carbonyl (C=O) groups is 3. The van der Waals surface area contributed by atoms with Gasteiger partial charge in [0.2, 0.25) is 5.91 Å². The fourth-order valence-electron chi connectivity index (χ4n) is 7.25. The lowest BCUT2D eigenvalue weighted by atomic mass is 9.75. The van der Waals surface area contributed by atoms with Gasteiger partial charge in [-0.3, -0.25) is 14.4 Å². The molecule has 4 unspecified atom stereocenters. The predicted octanol–water partition coefficient (Wildman–Crippen LogP) is 5.18. The minimum Gasteiger partial charge on any atom is -0.496 e. The lowest BCUT2D eigenvalue weighted by Gasteiger charge is -2.35. The zero-order valence-corrected chi connectivity index (χ0v) is 25.3. The SMILES string of the molecule is COc1cc(C#N)c(OC2CCC(C)(C(=O)O)CC2)cc1C(=O)NC1C2CCC(C2)C1C(=O)NC(C)(C)c1ccccc1. The smallest absolute Gasteiger partial charge is 0.309 e. The molecule has 3 saturated carbocycles. The molecule has 3 N–H and O–H groups in total. The van der Waals surface area contributed by atoms with E-state index in [1.54, 1.807) is 13.0 Å². The Balaban J connectivity index is 1.34. The molecule has 0 saturated heterocycles. The third kappa shape index (κ3) is 6.06. The minimum absolute atomic E-state index is 0.0622. The Morgan fingerprint density at radius 3 is 2.33 bits per heavy atom. The Hall–Kier alpha value is -4.06. The maximum atomic E-state index is 13.8. The van der Waals surface area contributed by atoms with Crippen molar-refractivity contribution < 1.29 is 29.0 Å². The van der Waals surface area contributed by atoms with Crippen molar-refractivity contribution in [1.82, 2.24) is 10.6 Å². The second-order valence-electron chi connectivity index (χ2n) is 13.2. The molecule has 0 spiro atoms. The summed E-state index contributed by atoms with van der Waals surface area (Å²) >= 11 is 0. The van der Waals surface area contributed by atoms with Crippen molar-refractivity contribution in [2.24, 2.45) is 23.2 Å². The van der Waals surface area contributed by atoms with Crippen LogP contribution in [0, 0.1) is 34.5 Å². The first-order chi connectivity index (χ1) is 20.5. The van der Waals surface area contributed by atoms with Gasteiger partial charge in [0, 0.05) is 12.1 Å². The summed E-state index contributed by atoms with van der Waals surface area (Å²) < 4.78 is 11.7. The number of benzene rings is 2. The summed E-state index contributed by atoms with van der Waals surface area (Å²) in [7, 11) is 1.45. The number of rotatable bonds is 9. The van der Waals surface area contributed by atoms with Crippen molar-refractivity contribution >= 4 is 17.8 Å². The van der Waals surface area contributed by atoms with Crippen molar-refractivity contribution in [3.63, 3.8) is 0 Å². The summed E-state index contributed by atoms with van der Waals surface area (Å²) in [5.74, 6) is -0.692. The number of fused-ring (bicyclic) bond motifs is 2. The van der Waals surface area contributed by atoms with Gasteiger partial charge in [0.05, 0.1) is 41.2 Å². The van der Waals surface area contributed by atoms with E-state index in [0.29, 0.717) is 25.7 Å². The van der Waals surface area contributed by atoms with E-state index < -0.39 is 16.9 Å². The van der Waals surface area contributed by atoms with Gasteiger partial charge in [-0.15, -0.1) is 0 Å². The van der Waals surface area contributed by atoms with E-state index in [1.165, 1.54) is 13.2 Å². The normalized spacial score (nSPS) is 28.0. The molecule has 0 radical (unpaired) electrons. The van der Waals surface area contributed by atoms with E-state index in [-0.39, 0.29) is 64.3 Å². The Kier molecular flexibility index (Phi) is 8.42. The number of ether oxygens (including phenoxy) is 2. The summed E-state index contributed by atoms with van der Waals surface area (Å²) in [5.41, 5.74) is 0.114. The Bertz CT molecular complexity index is 1420. The fourth-order valence-corrected chi connectivity index (χ4v) is 7.25. The molecule has 3 aliphatic carbocycles. The van der Waals surface area contributed by atoms with Gasteiger partial charge < -0.3 is 25.2 Å². The molecule has 3 aliphatic rings. The first-order valence-electron chi connectivity index (χ1n) is 15.2. The van der Waals surface area contributed by atoms with Crippen molar-refractivity contribution in [2.45, 2.75) is 83.4 Å². The molecule has 2 aromatic carbocycles. The number of carboxylic acids is 1. The molecule has 2 amide bonds. The first kappa shape index (κ1) is 30.4. The summed E-state index contributed by atoms with van der Waals surface area (Å²) in [6.07, 6.45) is 4.53. The molecule has 4 atom stereocenters. The first-order valence-corrected chi connectivity index (χ1v) is 15.2. The van der Waals surface area contributed by atoms with Crippen LogP contribution < -0.4 is 20.1 Å². The minimum atomic E-state index is -0.816. The van der Waals surface area contributed by atoms with Crippen LogP contribution in [0.1, 0.15) is 87.2 Å². The molecular weight excluding hydrogens is 546 g/mol. The summed E-state index contributed by atoms with van der Waals surface area (Å²) in [6, 6.07) is 14.7. The topological polar surface area (TPSA) is 138 Å². The highest BCUT2D eigenvalue weighted by Crippen LogP contribution is 2.49. The van der Waals surface area contributed by atoms with Crippen LogP contribution in [0.25, 0.3) is 0 Å². The average Bonchev–Trinajstić information content (AvgIpc) is 3.60. The van der Waals surface area contributed by atoms with E-state index in [0.717, 1.165) is 24.8 Å². The summed E-state index contributed by atoms with van der Waals surface area (Å²) in [4.78, 5) is 39.2. The number of nitriles is 1. The van der Waals surface area contributed by atoms with Gasteiger partial charge in [0.1, 0.15) is 17.6 Å². The van der Waals surface area contributed by atoms with Crippen LogP contribution in [0.4, 0.5) is 0 Å². The van der Waals surface area contributed by atoms with Crippen molar-refractivity contribution in [2.75, 3.05) is 7.11 Å². The van der Waals surface area contributed by atoms with E-state index >= 15 is 0 Å². The highest BCUT2D eigenvalue weighted by Gasteiger charge is 2.52. The third-order valence-corrected chi connectivity index (χ3v) is 9.96. The molecule has 228 valence electrons. The molecular formula is C34H41N3O6. The molecule has 9 nitrogen and oxygen atoms in total. The number of amides is 2. The number of carboxylic acid groups (broad SMARTS) is 1. The molecule has 0 aliphatic heterocycles. The Labute approximate surface area is 252 Å². The van der Waals surface area contributed by atoms with E-state index in [4.69, 9.17) is 9.47 Å². The molecule has 9 heteroatoms. The highest BCUT2D eigenvalue weighted by molar-refractivity contribution is 5.98. The predicted molar refractivity (Wildman–Crippen MR) is 160 cm³/mol. The van der Waals surface area contributed by atoms with Crippen LogP contribution in [-0.2, 0) is 15.1 Å². The van der Waals surface area contributed by atoms with Gasteiger partial charge in [-0.05, 0) is 89.2 Å². The number of carbonyl (C=O) groups excluding carboxylic acids is 2. The van der Waals surface area contributed by atoms with Crippen LogP contribution in [0.15, 0.2) is 42.5 Å². The zero-order valence-electron chi connectivity index (χ0n) is 25.3. The standard InChI is InChI=1S/C34H41N3O6/c1-33(2,23-8-6-5-7-9-23)37-31(39)28-20-10-11-21(16-20)29(28)36-30(38)25-18-26(22(19-35)17-27(25)42-4)43-24-12-14-34(3,15-13-24)32(40)41/h5-9,17-18,20-21,24,28-29H,10-16H2,1-4H3,(H,36,38)(H,37,39)(H,40,41). The molecule has 43 heavy (non-hydrogen) atoms. The quantitative estimate of drug-likeness (QED) is 0.368. The molecule has 0 aromatic heterocycles. The lowest BCUT2D eigenvalue weighted by molar-refractivity contribution is -0.150. The average molecular weight is 588 g/mol. The van der Waals surface area contributed by atoms with Crippen molar-refractivity contribution in [1.29, 1.82) is 5.26 Å². The number of aliphatic carboxylic acids is 1. The number of hydrogen-bond donors (Lipinski definition) is 3. The van der Waals surface area contributed by atoms with Gasteiger partial charge in [-0.2, -0.15) is 5.26 Å². The van der Waals surface area contributed by atoms with Gasteiger partial charge in [0.15, 0.2) is 0 Å². The van der Waals surface area contributed by atoms with Crippen LogP contribution in [0.3, 0.4) is 0 Å². The molecule has 2 aromatic rings. The zero-order chi connectivity index (χ0) is 30.9. The molecule has 5 rings (SSSR count). The molecule has 2 bridgehead atoms. The van der Waals surface area contributed by atoms with Crippen LogP contribution >= 0.6 is 0 Å². The fraction of sp³-hybridized carbons (Fsp3) is 0.529. The second kappa shape index (κ2) is 11.9. The monoisotopic (exact) mass is 587 g/mol. The number of nitrogens with one attached hydrogen (secondary N) is 2.